The summed E-state index contributed by atoms with van der Waals surface area (Å²) < 4.78 is 76.9. The molecule has 0 spiro atoms. The lowest BCUT2D eigenvalue weighted by molar-refractivity contribution is -0.154. The molecule has 0 fully saturated rings. The number of fused-ring (bicyclic) bond motifs is 2. The van der Waals surface area contributed by atoms with E-state index in [9.17, 15) is 9.90 Å². The number of hydrogen-bond acceptors (Lipinski definition) is 13. The molecule has 506 valence electrons. The van der Waals surface area contributed by atoms with Crippen molar-refractivity contribution in [1.82, 2.24) is 0 Å². The number of esters is 1. The molecule has 0 aromatic heterocycles. The van der Waals surface area contributed by atoms with E-state index in [1.54, 1.807) is 0 Å². The molecule has 0 amide bonds. The normalized spacial score (nSPS) is 15.8. The summed E-state index contributed by atoms with van der Waals surface area (Å²) in [5.41, 5.74) is 10.2. The van der Waals surface area contributed by atoms with E-state index in [1.165, 1.54) is 6.92 Å². The minimum Gasteiger partial charge on any atom is -0.489 e. The average Bonchev–Trinajstić information content (AvgIpc) is 0.720. The Bertz CT molecular complexity index is 4660. The fraction of sp³-hybridized carbons (Fsp3) is 0.170. The fourth-order valence-corrected chi connectivity index (χ4v) is 12.7. The highest BCUT2D eigenvalue weighted by atomic mass is 16.6. The van der Waals surface area contributed by atoms with Crippen LogP contribution >= 0.6 is 0 Å². The zero-order chi connectivity index (χ0) is 68.5. The van der Waals surface area contributed by atoms with E-state index in [0.717, 1.165) is 44.5 Å². The van der Waals surface area contributed by atoms with Crippen molar-refractivity contribution in [1.29, 1.82) is 0 Å². The van der Waals surface area contributed by atoms with Gasteiger partial charge >= 0.3 is 5.97 Å². The second-order valence-electron chi connectivity index (χ2n) is 24.9. The molecule has 2 aliphatic rings. The maximum atomic E-state index is 14.5. The predicted molar refractivity (Wildman–Crippen MR) is 386 cm³/mol. The largest absolute Gasteiger partial charge is 0.489 e. The Kier molecular flexibility index (Phi) is 21.1. The summed E-state index contributed by atoms with van der Waals surface area (Å²) >= 11 is 0. The quantitative estimate of drug-likeness (QED) is 0.0466. The molecule has 101 heavy (non-hydrogen) atoms. The second-order valence-corrected chi connectivity index (χ2v) is 24.9. The van der Waals surface area contributed by atoms with Crippen LogP contribution in [0.1, 0.15) is 97.4 Å². The van der Waals surface area contributed by atoms with Gasteiger partial charge in [-0.3, -0.25) is 4.79 Å². The minimum atomic E-state index is -1.24. The van der Waals surface area contributed by atoms with Gasteiger partial charge in [0.2, 0.25) is 0 Å². The van der Waals surface area contributed by atoms with Crippen LogP contribution in [0.3, 0.4) is 0 Å². The van der Waals surface area contributed by atoms with Crippen LogP contribution in [0, 0.1) is 0 Å². The van der Waals surface area contributed by atoms with E-state index < -0.39 is 36.3 Å². The summed E-state index contributed by atoms with van der Waals surface area (Å²) in [4.78, 5) is 14.5. The Morgan fingerprint density at radius 2 is 0.683 bits per heavy atom. The number of ether oxygens (including phenoxy) is 11. The fourth-order valence-electron chi connectivity index (χ4n) is 12.7. The molecule has 0 unspecified atom stereocenters. The van der Waals surface area contributed by atoms with Gasteiger partial charge in [-0.05, 0) is 74.3 Å². The van der Waals surface area contributed by atoms with Crippen molar-refractivity contribution >= 4 is 5.97 Å². The maximum Gasteiger partial charge on any atom is 0.303 e. The molecule has 1 N–H and O–H groups in total. The highest BCUT2D eigenvalue weighted by Crippen LogP contribution is 2.59. The zero-order valence-electron chi connectivity index (χ0n) is 55.9. The summed E-state index contributed by atoms with van der Waals surface area (Å²) in [5.74, 6) is 2.45. The Hall–Kier alpha value is -11.9. The Morgan fingerprint density at radius 3 is 1.07 bits per heavy atom. The van der Waals surface area contributed by atoms with Crippen LogP contribution in [0.15, 0.2) is 297 Å². The average molecular weight is 1340 g/mol. The third-order valence-electron chi connectivity index (χ3n) is 17.7. The second kappa shape index (κ2) is 32.2. The molecular formula is C88H76O13. The molecule has 2 heterocycles. The summed E-state index contributed by atoms with van der Waals surface area (Å²) in [6, 6.07) is 96.2. The van der Waals surface area contributed by atoms with E-state index in [0.29, 0.717) is 85.3 Å². The predicted octanol–water partition coefficient (Wildman–Crippen LogP) is 18.6. The van der Waals surface area contributed by atoms with Crippen LogP contribution < -0.4 is 47.4 Å². The first kappa shape index (κ1) is 66.3. The van der Waals surface area contributed by atoms with Gasteiger partial charge in [0.1, 0.15) is 93.5 Å². The third-order valence-corrected chi connectivity index (χ3v) is 17.7. The maximum absolute atomic E-state index is 14.5. The van der Waals surface area contributed by atoms with Crippen LogP contribution in [-0.4, -0.2) is 23.3 Å². The SMILES string of the molecule is CC(=O)O[C@H]1[C@H](c2c(OCc3ccccc3)cc(OCc3ccccc3)c3c2O[C@H](c2ccc(OCc4ccccc4)c(OCc4ccccc4)c2)[C@H](O)C3)c2c(OCc3ccccc3)cc(OCc3ccccc3)cc2O[C@@H]1c1ccc(OCc2ccccc2)c(OCc2ccccc2)c1. The summed E-state index contributed by atoms with van der Waals surface area (Å²) in [5, 5.41) is 13.0. The van der Waals surface area contributed by atoms with Crippen molar-refractivity contribution in [3.05, 3.63) is 370 Å². The molecule has 12 aromatic rings. The highest BCUT2D eigenvalue weighted by Gasteiger charge is 2.49. The van der Waals surface area contributed by atoms with Gasteiger partial charge < -0.3 is 57.2 Å². The molecule has 14 rings (SSSR count). The standard InChI is InChI=1S/C88H76O13/c1-60(89)99-88-84(82-79(97-58-67-38-22-8-23-39-67)48-71(91-52-61-26-10-2-11-27-61)49-81(82)100-86(88)70-43-45-75(93-54-63-30-14-4-15-31-63)78(47-70)96-57-66-36-20-7-21-37-66)83-80(98-59-68-40-24-9-25-41-68)51-76(94-55-64-32-16-5-17-33-64)72-50-73(90)85(101-87(72)83)69-42-44-74(92-53-62-28-12-3-13-29-62)77(46-69)95-56-65-34-18-6-19-35-65/h2-49,51,73,84-86,88,90H,50,52-59H2,1H3/t73-,84+,85-,86-,88+/m1/s1. The molecule has 13 nitrogen and oxygen atoms in total. The lowest BCUT2D eigenvalue weighted by atomic mass is 9.77. The summed E-state index contributed by atoms with van der Waals surface area (Å²) in [7, 11) is 0. The van der Waals surface area contributed by atoms with Crippen molar-refractivity contribution < 1.29 is 62.0 Å². The molecule has 12 aromatic carbocycles. The lowest BCUT2D eigenvalue weighted by Gasteiger charge is -2.42. The van der Waals surface area contributed by atoms with Gasteiger partial charge in [0.15, 0.2) is 35.2 Å². The van der Waals surface area contributed by atoms with E-state index >= 15 is 0 Å². The molecule has 0 saturated carbocycles. The molecule has 5 atom stereocenters. The minimum absolute atomic E-state index is 0.0382. The Morgan fingerprint density at radius 1 is 0.347 bits per heavy atom. The molecule has 0 radical (unpaired) electrons. The third kappa shape index (κ3) is 16.6. The first-order chi connectivity index (χ1) is 49.8. The number of benzene rings is 12. The number of carbonyl (C=O) groups is 1. The van der Waals surface area contributed by atoms with Gasteiger partial charge in [-0.2, -0.15) is 0 Å². The number of aliphatic hydroxyl groups is 1. The van der Waals surface area contributed by atoms with Crippen LogP contribution in [0.2, 0.25) is 0 Å². The van der Waals surface area contributed by atoms with Gasteiger partial charge in [0, 0.05) is 53.8 Å². The molecule has 2 aliphatic heterocycles. The summed E-state index contributed by atoms with van der Waals surface area (Å²) in [6.45, 7) is 2.98. The van der Waals surface area contributed by atoms with Crippen LogP contribution in [-0.2, 0) is 68.8 Å². The molecule has 0 saturated heterocycles. The first-order valence-electron chi connectivity index (χ1n) is 34.0. The summed E-state index contributed by atoms with van der Waals surface area (Å²) in [6.07, 6.45) is -4.51. The number of aliphatic hydroxyl groups excluding tert-OH is 1. The van der Waals surface area contributed by atoms with Crippen LogP contribution in [0.5, 0.6) is 57.5 Å². The number of rotatable bonds is 28. The number of hydrogen-bond donors (Lipinski definition) is 1. The van der Waals surface area contributed by atoms with Gasteiger partial charge in [0.05, 0.1) is 12.0 Å². The van der Waals surface area contributed by atoms with Crippen LogP contribution in [0.25, 0.3) is 0 Å². The Labute approximate surface area is 588 Å². The smallest absolute Gasteiger partial charge is 0.303 e. The molecule has 0 bridgehead atoms. The highest BCUT2D eigenvalue weighted by molar-refractivity contribution is 5.70. The Balaban J connectivity index is 0.982. The number of carbonyl (C=O) groups excluding carboxylic acids is 1. The molecular weight excluding hydrogens is 1260 g/mol. The molecule has 13 heteroatoms. The van der Waals surface area contributed by atoms with Crippen molar-refractivity contribution in [2.45, 2.75) is 96.5 Å². The molecule has 0 aliphatic carbocycles. The van der Waals surface area contributed by atoms with Crippen molar-refractivity contribution in [2.75, 3.05) is 0 Å². The van der Waals surface area contributed by atoms with E-state index in [4.69, 9.17) is 52.1 Å². The van der Waals surface area contributed by atoms with Crippen molar-refractivity contribution in [3.8, 4) is 57.5 Å². The lowest BCUT2D eigenvalue weighted by Crippen LogP contribution is -2.40. The van der Waals surface area contributed by atoms with E-state index in [1.807, 2.05) is 297 Å². The zero-order valence-corrected chi connectivity index (χ0v) is 55.9. The van der Waals surface area contributed by atoms with Gasteiger partial charge in [-0.25, -0.2) is 0 Å². The van der Waals surface area contributed by atoms with Gasteiger partial charge in [-0.1, -0.05) is 255 Å². The topological polar surface area (TPSA) is 139 Å². The van der Waals surface area contributed by atoms with Crippen molar-refractivity contribution in [2.24, 2.45) is 0 Å². The monoisotopic (exact) mass is 1340 g/mol. The first-order valence-corrected chi connectivity index (χ1v) is 34.0. The van der Waals surface area contributed by atoms with Gasteiger partial charge in [-0.15, -0.1) is 0 Å². The van der Waals surface area contributed by atoms with Gasteiger partial charge in [0.25, 0.3) is 0 Å². The van der Waals surface area contributed by atoms with Crippen molar-refractivity contribution in [3.63, 3.8) is 0 Å². The van der Waals surface area contributed by atoms with E-state index in [2.05, 4.69) is 0 Å². The van der Waals surface area contributed by atoms with Crippen LogP contribution in [0.4, 0.5) is 0 Å². The van der Waals surface area contributed by atoms with E-state index in [-0.39, 0.29) is 59.3 Å².